The molecular formula is C12H22N4O2S. The molecule has 1 unspecified atom stereocenters. The highest BCUT2D eigenvalue weighted by molar-refractivity contribution is 7.86. The van der Waals surface area contributed by atoms with E-state index >= 15 is 0 Å². The van der Waals surface area contributed by atoms with Gasteiger partial charge in [-0.3, -0.25) is 4.68 Å². The van der Waals surface area contributed by atoms with Crippen molar-refractivity contribution in [1.82, 2.24) is 18.4 Å². The molecule has 1 saturated heterocycles. The summed E-state index contributed by atoms with van der Waals surface area (Å²) >= 11 is 0. The summed E-state index contributed by atoms with van der Waals surface area (Å²) in [5.41, 5.74) is 0.901. The van der Waals surface area contributed by atoms with E-state index in [1.165, 1.54) is 4.31 Å². The summed E-state index contributed by atoms with van der Waals surface area (Å²) in [6, 6.07) is 0.0927. The second-order valence-electron chi connectivity index (χ2n) is 5.24. The van der Waals surface area contributed by atoms with Gasteiger partial charge in [0.25, 0.3) is 10.2 Å². The fourth-order valence-corrected chi connectivity index (χ4v) is 4.08. The van der Waals surface area contributed by atoms with Crippen LogP contribution in [0.1, 0.15) is 31.7 Å². The lowest BCUT2D eigenvalue weighted by Gasteiger charge is -2.35. The molecule has 0 aromatic carbocycles. The summed E-state index contributed by atoms with van der Waals surface area (Å²) in [4.78, 5) is 0. The minimum atomic E-state index is -3.37. The van der Waals surface area contributed by atoms with E-state index in [4.69, 9.17) is 0 Å². The average Bonchev–Trinajstić information content (AvgIpc) is 2.75. The van der Waals surface area contributed by atoms with Gasteiger partial charge in [-0.25, -0.2) is 0 Å². The Balaban J connectivity index is 2.10. The zero-order valence-corrected chi connectivity index (χ0v) is 12.6. The Labute approximate surface area is 115 Å². The van der Waals surface area contributed by atoms with Crippen LogP contribution in [-0.2, 0) is 23.8 Å². The van der Waals surface area contributed by atoms with Crippen molar-refractivity contribution in [1.29, 1.82) is 0 Å². The molecule has 1 atom stereocenters. The molecule has 0 aliphatic carbocycles. The molecular weight excluding hydrogens is 264 g/mol. The van der Waals surface area contributed by atoms with Crippen molar-refractivity contribution >= 4 is 10.2 Å². The fourth-order valence-electron chi connectivity index (χ4n) is 2.49. The van der Waals surface area contributed by atoms with Crippen molar-refractivity contribution in [3.63, 3.8) is 0 Å². The van der Waals surface area contributed by atoms with Crippen molar-refractivity contribution in [3.8, 4) is 0 Å². The molecule has 0 spiro atoms. The largest absolute Gasteiger partial charge is 0.282 e. The molecule has 2 rings (SSSR count). The summed E-state index contributed by atoms with van der Waals surface area (Å²) in [6.07, 6.45) is 6.54. The first kappa shape index (κ1) is 14.5. The molecule has 0 N–H and O–H groups in total. The lowest BCUT2D eigenvalue weighted by Crippen LogP contribution is -2.48. The van der Waals surface area contributed by atoms with Gasteiger partial charge >= 0.3 is 0 Å². The molecule has 1 aliphatic heterocycles. The molecule has 6 nitrogen and oxygen atoms in total. The summed E-state index contributed by atoms with van der Waals surface area (Å²) in [7, 11) is 0.0822. The van der Waals surface area contributed by atoms with Crippen molar-refractivity contribution < 1.29 is 8.42 Å². The molecule has 1 fully saturated rings. The van der Waals surface area contributed by atoms with Crippen LogP contribution in [0, 0.1) is 0 Å². The Morgan fingerprint density at radius 1 is 1.47 bits per heavy atom. The lowest BCUT2D eigenvalue weighted by atomic mass is 10.1. The van der Waals surface area contributed by atoms with Crippen LogP contribution in [0.15, 0.2) is 12.4 Å². The fraction of sp³-hybridized carbons (Fsp3) is 0.750. The van der Waals surface area contributed by atoms with Crippen molar-refractivity contribution in [3.05, 3.63) is 18.0 Å². The van der Waals surface area contributed by atoms with E-state index in [2.05, 4.69) is 5.10 Å². The van der Waals surface area contributed by atoms with Gasteiger partial charge < -0.3 is 0 Å². The van der Waals surface area contributed by atoms with Gasteiger partial charge in [0.1, 0.15) is 0 Å². The van der Waals surface area contributed by atoms with Crippen LogP contribution < -0.4 is 0 Å². The van der Waals surface area contributed by atoms with Gasteiger partial charge in [-0.2, -0.15) is 22.1 Å². The Morgan fingerprint density at radius 3 is 2.79 bits per heavy atom. The summed E-state index contributed by atoms with van der Waals surface area (Å²) in [5.74, 6) is 0. The first-order valence-corrected chi connectivity index (χ1v) is 8.01. The van der Waals surface area contributed by atoms with E-state index in [0.29, 0.717) is 13.1 Å². The molecule has 1 aromatic heterocycles. The number of aryl methyl sites for hydroxylation is 1. The normalized spacial score (nSPS) is 22.0. The number of rotatable bonds is 4. The maximum absolute atomic E-state index is 12.5. The maximum atomic E-state index is 12.5. The molecule has 0 radical (unpaired) electrons. The summed E-state index contributed by atoms with van der Waals surface area (Å²) in [6.45, 7) is 2.97. The van der Waals surface area contributed by atoms with Gasteiger partial charge in [0.05, 0.1) is 6.20 Å². The molecule has 1 aliphatic rings. The van der Waals surface area contributed by atoms with Crippen molar-refractivity contribution in [2.75, 3.05) is 13.6 Å². The number of hydrogen-bond acceptors (Lipinski definition) is 3. The SMILES string of the molecule is CC1CCCCN1S(=O)(=O)N(C)Cc1cnn(C)c1. The topological polar surface area (TPSA) is 58.4 Å². The first-order chi connectivity index (χ1) is 8.91. The molecule has 2 heterocycles. The minimum absolute atomic E-state index is 0.0927. The van der Waals surface area contributed by atoms with Crippen molar-refractivity contribution in [2.45, 2.75) is 38.8 Å². The van der Waals surface area contributed by atoms with E-state index < -0.39 is 10.2 Å². The first-order valence-electron chi connectivity index (χ1n) is 6.62. The van der Waals surface area contributed by atoms with E-state index in [-0.39, 0.29) is 6.04 Å². The van der Waals surface area contributed by atoms with E-state index in [1.54, 1.807) is 22.2 Å². The number of hydrogen-bond donors (Lipinski definition) is 0. The van der Waals surface area contributed by atoms with Crippen LogP contribution in [0.25, 0.3) is 0 Å². The Kier molecular flexibility index (Phi) is 4.27. The zero-order valence-electron chi connectivity index (χ0n) is 11.8. The van der Waals surface area contributed by atoms with E-state index in [0.717, 1.165) is 24.8 Å². The van der Waals surface area contributed by atoms with Crippen LogP contribution in [0.3, 0.4) is 0 Å². The highest BCUT2D eigenvalue weighted by atomic mass is 32.2. The Morgan fingerprint density at radius 2 is 2.21 bits per heavy atom. The molecule has 108 valence electrons. The minimum Gasteiger partial charge on any atom is -0.275 e. The molecule has 1 aromatic rings. The molecule has 0 amide bonds. The summed E-state index contributed by atoms with van der Waals surface area (Å²) < 4.78 is 29.8. The van der Waals surface area contributed by atoms with Crippen LogP contribution in [-0.4, -0.2) is 46.4 Å². The van der Waals surface area contributed by atoms with Gasteiger partial charge in [0, 0.05) is 45.0 Å². The van der Waals surface area contributed by atoms with E-state index in [1.807, 2.05) is 20.2 Å². The average molecular weight is 286 g/mol. The smallest absolute Gasteiger partial charge is 0.275 e. The Bertz CT molecular complexity index is 526. The highest BCUT2D eigenvalue weighted by Gasteiger charge is 2.32. The van der Waals surface area contributed by atoms with E-state index in [9.17, 15) is 8.42 Å². The lowest BCUT2D eigenvalue weighted by molar-refractivity contribution is 0.249. The van der Waals surface area contributed by atoms with Gasteiger partial charge in [0.15, 0.2) is 0 Å². The van der Waals surface area contributed by atoms with Crippen LogP contribution in [0.4, 0.5) is 0 Å². The highest BCUT2D eigenvalue weighted by Crippen LogP contribution is 2.22. The predicted octanol–water partition coefficient (Wildman–Crippen LogP) is 0.971. The second kappa shape index (κ2) is 5.60. The van der Waals surface area contributed by atoms with Gasteiger partial charge in [-0.05, 0) is 19.8 Å². The van der Waals surface area contributed by atoms with Crippen LogP contribution in [0.2, 0.25) is 0 Å². The number of nitrogens with zero attached hydrogens (tertiary/aromatic N) is 4. The quantitative estimate of drug-likeness (QED) is 0.829. The third-order valence-corrected chi connectivity index (χ3v) is 5.65. The second-order valence-corrected chi connectivity index (χ2v) is 7.23. The molecule has 7 heteroatoms. The third-order valence-electron chi connectivity index (χ3n) is 3.60. The number of piperidine rings is 1. The van der Waals surface area contributed by atoms with Gasteiger partial charge in [-0.1, -0.05) is 6.42 Å². The molecule has 0 bridgehead atoms. The molecule has 19 heavy (non-hydrogen) atoms. The predicted molar refractivity (Wildman–Crippen MR) is 73.6 cm³/mol. The standard InChI is InChI=1S/C12H22N4O2S/c1-11-6-4-5-7-16(11)19(17,18)15(3)10-12-8-13-14(2)9-12/h8-9,11H,4-7,10H2,1-3H3. The third kappa shape index (κ3) is 3.16. The molecule has 0 saturated carbocycles. The summed E-state index contributed by atoms with van der Waals surface area (Å²) in [5, 5.41) is 4.06. The van der Waals surface area contributed by atoms with Crippen LogP contribution >= 0.6 is 0 Å². The monoisotopic (exact) mass is 286 g/mol. The number of aromatic nitrogens is 2. The maximum Gasteiger partial charge on any atom is 0.282 e. The van der Waals surface area contributed by atoms with Crippen molar-refractivity contribution in [2.24, 2.45) is 7.05 Å². The Hall–Kier alpha value is -0.920. The van der Waals surface area contributed by atoms with Gasteiger partial charge in [0.2, 0.25) is 0 Å². The zero-order chi connectivity index (χ0) is 14.0. The van der Waals surface area contributed by atoms with Gasteiger partial charge in [-0.15, -0.1) is 0 Å². The van der Waals surface area contributed by atoms with Crippen LogP contribution in [0.5, 0.6) is 0 Å².